The Morgan fingerprint density at radius 3 is 2.83 bits per heavy atom. The molecule has 5 nitrogen and oxygen atoms in total. The van der Waals surface area contributed by atoms with Gasteiger partial charge < -0.3 is 9.57 Å². The molecule has 1 atom stereocenters. The van der Waals surface area contributed by atoms with E-state index in [2.05, 4.69) is 0 Å². The lowest BCUT2D eigenvalue weighted by Crippen LogP contribution is -2.36. The molecular weight excluding hydrogens is 234 g/mol. The molecule has 5 heteroatoms. The lowest BCUT2D eigenvalue weighted by molar-refractivity contribution is -0.180. The molecule has 0 N–H and O–H groups in total. The predicted octanol–water partition coefficient (Wildman–Crippen LogP) is 1.92. The Hall–Kier alpha value is -2.04. The Bertz CT molecular complexity index is 432. The smallest absolute Gasteiger partial charge is 0.443 e. The largest absolute Gasteiger partial charge is 0.445 e. The molecule has 0 aromatic heterocycles. The third-order valence-electron chi connectivity index (χ3n) is 2.71. The van der Waals surface area contributed by atoms with Crippen LogP contribution in [0.4, 0.5) is 4.79 Å². The second-order valence-corrected chi connectivity index (χ2v) is 4.06. The fraction of sp³-hybridized carbons (Fsp3) is 0.385. The van der Waals surface area contributed by atoms with E-state index in [9.17, 15) is 9.59 Å². The first-order valence-electron chi connectivity index (χ1n) is 5.91. The van der Waals surface area contributed by atoms with E-state index in [-0.39, 0.29) is 19.1 Å². The van der Waals surface area contributed by atoms with Gasteiger partial charge in [-0.2, -0.15) is 0 Å². The molecule has 0 saturated carbocycles. The molecule has 1 aliphatic rings. The highest BCUT2D eigenvalue weighted by atomic mass is 16.8. The van der Waals surface area contributed by atoms with Crippen LogP contribution in [0.25, 0.3) is 0 Å². The summed E-state index contributed by atoms with van der Waals surface area (Å²) in [6, 6.07) is 9.44. The molecule has 1 saturated heterocycles. The van der Waals surface area contributed by atoms with Crippen LogP contribution in [0.15, 0.2) is 30.3 Å². The van der Waals surface area contributed by atoms with Gasteiger partial charge in [0.2, 0.25) is 0 Å². The maximum Gasteiger partial charge on any atom is 0.443 e. The quantitative estimate of drug-likeness (QED) is 0.818. The molecule has 0 aliphatic carbocycles. The Morgan fingerprint density at radius 2 is 2.17 bits per heavy atom. The Labute approximate surface area is 105 Å². The molecule has 1 heterocycles. The summed E-state index contributed by atoms with van der Waals surface area (Å²) in [7, 11) is 0. The molecule has 1 amide bonds. The van der Waals surface area contributed by atoms with Crippen LogP contribution in [0.3, 0.4) is 0 Å². The lowest BCUT2D eigenvalue weighted by Gasteiger charge is -2.19. The molecule has 18 heavy (non-hydrogen) atoms. The highest BCUT2D eigenvalue weighted by Crippen LogP contribution is 2.17. The van der Waals surface area contributed by atoms with Gasteiger partial charge in [-0.1, -0.05) is 37.3 Å². The van der Waals surface area contributed by atoms with E-state index in [0.29, 0.717) is 6.42 Å². The van der Waals surface area contributed by atoms with E-state index in [4.69, 9.17) is 9.57 Å². The molecule has 1 aromatic carbocycles. The van der Waals surface area contributed by atoms with Crippen molar-refractivity contribution in [2.45, 2.75) is 25.8 Å². The van der Waals surface area contributed by atoms with Crippen LogP contribution in [0.2, 0.25) is 0 Å². The van der Waals surface area contributed by atoms with Gasteiger partial charge in [-0.05, 0) is 12.0 Å². The fourth-order valence-electron chi connectivity index (χ4n) is 1.76. The number of carbonyl (C=O) groups excluding carboxylic acids is 2. The first-order chi connectivity index (χ1) is 8.70. The molecule has 96 valence electrons. The van der Waals surface area contributed by atoms with Crippen molar-refractivity contribution in [1.29, 1.82) is 0 Å². The summed E-state index contributed by atoms with van der Waals surface area (Å²) in [5.74, 6) is -0.438. The second kappa shape index (κ2) is 5.53. The number of carbonyl (C=O) groups is 2. The van der Waals surface area contributed by atoms with Crippen molar-refractivity contribution in [2.24, 2.45) is 0 Å². The topological polar surface area (TPSA) is 55.8 Å². The van der Waals surface area contributed by atoms with Crippen molar-refractivity contribution < 1.29 is 19.2 Å². The summed E-state index contributed by atoms with van der Waals surface area (Å²) < 4.78 is 4.91. The number of hydroxylamine groups is 2. The zero-order valence-electron chi connectivity index (χ0n) is 10.2. The van der Waals surface area contributed by atoms with Crippen molar-refractivity contribution >= 4 is 12.1 Å². The van der Waals surface area contributed by atoms with E-state index in [1.54, 1.807) is 6.92 Å². The van der Waals surface area contributed by atoms with Crippen LogP contribution in [0.5, 0.6) is 0 Å². The molecule has 0 bridgehead atoms. The fourth-order valence-corrected chi connectivity index (χ4v) is 1.76. The van der Waals surface area contributed by atoms with E-state index < -0.39 is 12.1 Å². The first kappa shape index (κ1) is 12.4. The molecule has 1 unspecified atom stereocenters. The number of cyclic esters (lactones) is 1. The monoisotopic (exact) mass is 249 g/mol. The van der Waals surface area contributed by atoms with Crippen LogP contribution in [-0.4, -0.2) is 29.8 Å². The van der Waals surface area contributed by atoms with Gasteiger partial charge in [-0.25, -0.2) is 9.59 Å². The number of benzene rings is 1. The first-order valence-corrected chi connectivity index (χ1v) is 5.91. The summed E-state index contributed by atoms with van der Waals surface area (Å²) in [6.07, 6.45) is 0.225. The van der Waals surface area contributed by atoms with Gasteiger partial charge in [0.1, 0.15) is 12.6 Å². The van der Waals surface area contributed by atoms with Gasteiger partial charge >= 0.3 is 12.1 Å². The highest BCUT2D eigenvalue weighted by molar-refractivity contribution is 5.74. The second-order valence-electron chi connectivity index (χ2n) is 4.06. The summed E-state index contributed by atoms with van der Waals surface area (Å²) in [6.45, 7) is 1.92. The molecule has 1 aromatic rings. The van der Waals surface area contributed by atoms with Crippen molar-refractivity contribution in [3.63, 3.8) is 0 Å². The van der Waals surface area contributed by atoms with Gasteiger partial charge in [0.25, 0.3) is 0 Å². The summed E-state index contributed by atoms with van der Waals surface area (Å²) in [5.41, 5.74) is 1.07. The molecule has 1 fully saturated rings. The van der Waals surface area contributed by atoms with Gasteiger partial charge in [0.05, 0.1) is 0 Å². The third-order valence-corrected chi connectivity index (χ3v) is 2.71. The zero-order valence-corrected chi connectivity index (χ0v) is 10.2. The van der Waals surface area contributed by atoms with Crippen LogP contribution >= 0.6 is 0 Å². The minimum atomic E-state index is -0.599. The molecule has 2 rings (SSSR count). The van der Waals surface area contributed by atoms with Crippen LogP contribution in [0, 0.1) is 0 Å². The Morgan fingerprint density at radius 1 is 1.44 bits per heavy atom. The minimum absolute atomic E-state index is 0.224. The molecule has 0 radical (unpaired) electrons. The summed E-state index contributed by atoms with van der Waals surface area (Å²) in [4.78, 5) is 27.7. The van der Waals surface area contributed by atoms with Gasteiger partial charge in [0, 0.05) is 6.42 Å². The van der Waals surface area contributed by atoms with Gasteiger partial charge in [-0.3, -0.25) is 0 Å². The number of rotatable bonds is 4. The van der Waals surface area contributed by atoms with Gasteiger partial charge in [0.15, 0.2) is 0 Å². The normalized spacial score (nSPS) is 18.6. The highest BCUT2D eigenvalue weighted by Gasteiger charge is 2.36. The van der Waals surface area contributed by atoms with Gasteiger partial charge in [-0.15, -0.1) is 5.06 Å². The number of amides is 1. The van der Waals surface area contributed by atoms with Crippen molar-refractivity contribution in [3.8, 4) is 0 Å². The summed E-state index contributed by atoms with van der Waals surface area (Å²) in [5, 5.41) is 1.04. The van der Waals surface area contributed by atoms with Crippen molar-refractivity contribution in [2.75, 3.05) is 6.61 Å². The summed E-state index contributed by atoms with van der Waals surface area (Å²) >= 11 is 0. The minimum Gasteiger partial charge on any atom is -0.445 e. The Kier molecular flexibility index (Phi) is 3.82. The number of hydrogen-bond acceptors (Lipinski definition) is 4. The molecular formula is C13H15NO4. The number of nitrogens with zero attached hydrogens (tertiary/aromatic N) is 1. The Balaban J connectivity index is 2.03. The number of hydrogen-bond donors (Lipinski definition) is 0. The van der Waals surface area contributed by atoms with Crippen LogP contribution in [0.1, 0.15) is 18.9 Å². The lowest BCUT2D eigenvalue weighted by atomic mass is 10.1. The molecule has 0 spiro atoms. The average Bonchev–Trinajstić information content (AvgIpc) is 2.72. The predicted molar refractivity (Wildman–Crippen MR) is 63.5 cm³/mol. The van der Waals surface area contributed by atoms with E-state index in [1.165, 1.54) is 0 Å². The standard InChI is InChI=1S/C13H15NO4/c1-2-12(15)18-14-11(9-17-13(14)16)8-10-6-4-3-5-7-10/h3-7,11H,2,8-9H2,1H3. The average molecular weight is 249 g/mol. The zero-order chi connectivity index (χ0) is 13.0. The van der Waals surface area contributed by atoms with E-state index in [1.807, 2.05) is 30.3 Å². The van der Waals surface area contributed by atoms with E-state index in [0.717, 1.165) is 10.6 Å². The maximum absolute atomic E-state index is 11.5. The van der Waals surface area contributed by atoms with E-state index >= 15 is 0 Å². The molecule has 1 aliphatic heterocycles. The van der Waals surface area contributed by atoms with Crippen LogP contribution < -0.4 is 0 Å². The van der Waals surface area contributed by atoms with Crippen molar-refractivity contribution in [1.82, 2.24) is 5.06 Å². The SMILES string of the molecule is CCC(=O)ON1C(=O)OCC1Cc1ccccc1. The van der Waals surface area contributed by atoms with Crippen LogP contribution in [-0.2, 0) is 20.8 Å². The third kappa shape index (κ3) is 2.80. The van der Waals surface area contributed by atoms with Crippen molar-refractivity contribution in [3.05, 3.63) is 35.9 Å². The number of ether oxygens (including phenoxy) is 1. The maximum atomic E-state index is 11.5.